The fourth-order valence-corrected chi connectivity index (χ4v) is 2.91. The van der Waals surface area contributed by atoms with E-state index in [-0.39, 0.29) is 11.2 Å². The largest absolute Gasteiger partial charge is 0.207 e. The van der Waals surface area contributed by atoms with E-state index in [0.29, 0.717) is 11.8 Å². The summed E-state index contributed by atoms with van der Waals surface area (Å²) in [5, 5.41) is 0.277. The highest BCUT2D eigenvalue weighted by Crippen LogP contribution is 2.43. The zero-order valence-corrected chi connectivity index (χ0v) is 9.89. The summed E-state index contributed by atoms with van der Waals surface area (Å²) in [5.74, 6) is 0.855. The van der Waals surface area contributed by atoms with E-state index in [4.69, 9.17) is 11.6 Å². The molecule has 3 atom stereocenters. The van der Waals surface area contributed by atoms with Gasteiger partial charge in [0.05, 0.1) is 0 Å². The van der Waals surface area contributed by atoms with E-state index in [1.165, 1.54) is 5.56 Å². The number of benzene rings is 1. The maximum atomic E-state index is 13.0. The first-order chi connectivity index (χ1) is 7.09. The second-order valence-electron chi connectivity index (χ2n) is 4.56. The molecule has 1 fully saturated rings. The Labute approximate surface area is 95.4 Å². The van der Waals surface area contributed by atoms with E-state index >= 15 is 0 Å². The smallest absolute Gasteiger partial charge is 0.123 e. The summed E-state index contributed by atoms with van der Waals surface area (Å²) < 4.78 is 13.0. The van der Waals surface area contributed by atoms with Gasteiger partial charge in [-0.05, 0) is 54.9 Å². The van der Waals surface area contributed by atoms with Gasteiger partial charge in [-0.1, -0.05) is 13.0 Å². The van der Waals surface area contributed by atoms with Crippen molar-refractivity contribution in [1.82, 2.24) is 0 Å². The van der Waals surface area contributed by atoms with Crippen molar-refractivity contribution >= 4 is 11.6 Å². The van der Waals surface area contributed by atoms with Crippen molar-refractivity contribution in [1.29, 1.82) is 0 Å². The SMILES string of the molecule is Cc1cc(F)ccc1C1CCC(Cl)C1C. The van der Waals surface area contributed by atoms with Crippen LogP contribution >= 0.6 is 11.6 Å². The third-order valence-corrected chi connectivity index (χ3v) is 4.21. The summed E-state index contributed by atoms with van der Waals surface area (Å²) in [6.07, 6.45) is 2.20. The molecule has 0 N–H and O–H groups in total. The molecule has 3 unspecified atom stereocenters. The summed E-state index contributed by atoms with van der Waals surface area (Å²) in [4.78, 5) is 0. The van der Waals surface area contributed by atoms with E-state index in [1.54, 1.807) is 12.1 Å². The summed E-state index contributed by atoms with van der Waals surface area (Å²) in [6.45, 7) is 4.17. The summed E-state index contributed by atoms with van der Waals surface area (Å²) in [6, 6.07) is 5.08. The van der Waals surface area contributed by atoms with Crippen molar-refractivity contribution < 1.29 is 4.39 Å². The molecule has 0 amide bonds. The van der Waals surface area contributed by atoms with E-state index in [9.17, 15) is 4.39 Å². The van der Waals surface area contributed by atoms with E-state index < -0.39 is 0 Å². The molecule has 82 valence electrons. The monoisotopic (exact) mass is 226 g/mol. The number of rotatable bonds is 1. The Morgan fingerprint density at radius 1 is 1.33 bits per heavy atom. The minimum atomic E-state index is -0.149. The van der Waals surface area contributed by atoms with Crippen LogP contribution in [0.3, 0.4) is 0 Å². The number of aryl methyl sites for hydroxylation is 1. The molecule has 0 spiro atoms. The molecule has 1 aromatic carbocycles. The molecule has 1 aromatic rings. The number of alkyl halides is 1. The Hall–Kier alpha value is -0.560. The third-order valence-electron chi connectivity index (χ3n) is 3.59. The molecule has 0 aromatic heterocycles. The Bertz CT molecular complexity index is 362. The highest BCUT2D eigenvalue weighted by Gasteiger charge is 2.32. The average Bonchev–Trinajstić information content (AvgIpc) is 2.49. The predicted octanol–water partition coefficient (Wildman–Crippen LogP) is 4.26. The van der Waals surface area contributed by atoms with Crippen LogP contribution in [0.25, 0.3) is 0 Å². The van der Waals surface area contributed by atoms with Crippen LogP contribution in [-0.2, 0) is 0 Å². The first kappa shape index (κ1) is 10.9. The molecule has 15 heavy (non-hydrogen) atoms. The van der Waals surface area contributed by atoms with Crippen molar-refractivity contribution in [3.05, 3.63) is 35.1 Å². The van der Waals surface area contributed by atoms with Crippen LogP contribution in [0.15, 0.2) is 18.2 Å². The van der Waals surface area contributed by atoms with Gasteiger partial charge in [-0.25, -0.2) is 4.39 Å². The lowest BCUT2D eigenvalue weighted by Crippen LogP contribution is -2.10. The zero-order valence-electron chi connectivity index (χ0n) is 9.13. The molecule has 1 saturated carbocycles. The normalized spacial score (nSPS) is 30.8. The Balaban J connectivity index is 2.30. The molecule has 0 heterocycles. The molecule has 0 saturated heterocycles. The van der Waals surface area contributed by atoms with Crippen LogP contribution in [0, 0.1) is 18.7 Å². The minimum absolute atomic E-state index is 0.149. The van der Waals surface area contributed by atoms with E-state index in [0.717, 1.165) is 18.4 Å². The van der Waals surface area contributed by atoms with Gasteiger partial charge in [-0.2, -0.15) is 0 Å². The Morgan fingerprint density at radius 3 is 2.60 bits per heavy atom. The van der Waals surface area contributed by atoms with Gasteiger partial charge in [0.25, 0.3) is 0 Å². The highest BCUT2D eigenvalue weighted by atomic mass is 35.5. The first-order valence-electron chi connectivity index (χ1n) is 5.49. The van der Waals surface area contributed by atoms with E-state index in [2.05, 4.69) is 6.92 Å². The second kappa shape index (κ2) is 4.13. The van der Waals surface area contributed by atoms with Gasteiger partial charge in [-0.3, -0.25) is 0 Å². The molecule has 0 aliphatic heterocycles. The Morgan fingerprint density at radius 2 is 2.07 bits per heavy atom. The molecular weight excluding hydrogens is 211 g/mol. The second-order valence-corrected chi connectivity index (χ2v) is 5.12. The zero-order chi connectivity index (χ0) is 11.0. The Kier molecular flexibility index (Phi) is 3.01. The van der Waals surface area contributed by atoms with Crippen LogP contribution in [0.1, 0.15) is 36.8 Å². The lowest BCUT2D eigenvalue weighted by Gasteiger charge is -2.19. The van der Waals surface area contributed by atoms with Gasteiger partial charge in [0.15, 0.2) is 0 Å². The molecular formula is C13H16ClF. The maximum absolute atomic E-state index is 13.0. The van der Waals surface area contributed by atoms with Crippen LogP contribution in [0.5, 0.6) is 0 Å². The minimum Gasteiger partial charge on any atom is -0.207 e. The highest BCUT2D eigenvalue weighted by molar-refractivity contribution is 6.21. The number of hydrogen-bond donors (Lipinski definition) is 0. The molecule has 0 radical (unpaired) electrons. The van der Waals surface area contributed by atoms with Crippen molar-refractivity contribution in [2.24, 2.45) is 5.92 Å². The summed E-state index contributed by atoms with van der Waals surface area (Å²) >= 11 is 6.22. The third kappa shape index (κ3) is 2.03. The summed E-state index contributed by atoms with van der Waals surface area (Å²) in [7, 11) is 0. The predicted molar refractivity (Wildman–Crippen MR) is 61.9 cm³/mol. The van der Waals surface area contributed by atoms with Crippen LogP contribution in [-0.4, -0.2) is 5.38 Å². The van der Waals surface area contributed by atoms with Crippen molar-refractivity contribution in [3.8, 4) is 0 Å². The maximum Gasteiger partial charge on any atom is 0.123 e. The van der Waals surface area contributed by atoms with Gasteiger partial charge in [0, 0.05) is 5.38 Å². The lowest BCUT2D eigenvalue weighted by molar-refractivity contribution is 0.533. The lowest BCUT2D eigenvalue weighted by atomic mass is 9.87. The van der Waals surface area contributed by atoms with E-state index in [1.807, 2.05) is 13.0 Å². The average molecular weight is 227 g/mol. The molecule has 1 aliphatic carbocycles. The quantitative estimate of drug-likeness (QED) is 0.628. The topological polar surface area (TPSA) is 0 Å². The number of hydrogen-bond acceptors (Lipinski definition) is 0. The summed E-state index contributed by atoms with van der Waals surface area (Å²) in [5.41, 5.74) is 2.32. The number of halogens is 2. The molecule has 2 rings (SSSR count). The van der Waals surface area contributed by atoms with Crippen molar-refractivity contribution in [3.63, 3.8) is 0 Å². The van der Waals surface area contributed by atoms with Gasteiger partial charge in [-0.15, -0.1) is 11.6 Å². The van der Waals surface area contributed by atoms with Crippen LogP contribution < -0.4 is 0 Å². The van der Waals surface area contributed by atoms with Gasteiger partial charge in [0.2, 0.25) is 0 Å². The van der Waals surface area contributed by atoms with Gasteiger partial charge < -0.3 is 0 Å². The fourth-order valence-electron chi connectivity index (χ4n) is 2.61. The molecule has 2 heteroatoms. The van der Waals surface area contributed by atoms with Gasteiger partial charge >= 0.3 is 0 Å². The standard InChI is InChI=1S/C13H16ClF/c1-8-7-10(15)3-4-11(8)12-5-6-13(14)9(12)2/h3-4,7,9,12-13H,5-6H2,1-2H3. The molecule has 0 nitrogen and oxygen atoms in total. The fraction of sp³-hybridized carbons (Fsp3) is 0.538. The molecule has 1 aliphatic rings. The van der Waals surface area contributed by atoms with Crippen molar-refractivity contribution in [2.75, 3.05) is 0 Å². The molecule has 0 bridgehead atoms. The van der Waals surface area contributed by atoms with Crippen molar-refractivity contribution in [2.45, 2.75) is 38.0 Å². The first-order valence-corrected chi connectivity index (χ1v) is 5.93. The van der Waals surface area contributed by atoms with Crippen LogP contribution in [0.2, 0.25) is 0 Å². The van der Waals surface area contributed by atoms with Crippen LogP contribution in [0.4, 0.5) is 4.39 Å². The van der Waals surface area contributed by atoms with Gasteiger partial charge in [0.1, 0.15) is 5.82 Å².